The van der Waals surface area contributed by atoms with E-state index in [4.69, 9.17) is 16.3 Å². The first-order chi connectivity index (χ1) is 18.3. The molecule has 10 nitrogen and oxygen atoms in total. The number of ether oxygens (including phenoxy) is 1. The summed E-state index contributed by atoms with van der Waals surface area (Å²) < 4.78 is 5.21. The van der Waals surface area contributed by atoms with Gasteiger partial charge >= 0.3 is 12.1 Å². The van der Waals surface area contributed by atoms with Gasteiger partial charge in [0.15, 0.2) is 0 Å². The number of carbonyl (C=O) groups is 2. The second-order valence-electron chi connectivity index (χ2n) is 9.49. The van der Waals surface area contributed by atoms with E-state index < -0.39 is 18.1 Å². The van der Waals surface area contributed by atoms with E-state index in [1.54, 1.807) is 38.4 Å². The van der Waals surface area contributed by atoms with E-state index in [-0.39, 0.29) is 17.7 Å². The summed E-state index contributed by atoms with van der Waals surface area (Å²) in [4.78, 5) is 40.0. The molecule has 3 aromatic rings. The van der Waals surface area contributed by atoms with Crippen molar-refractivity contribution in [2.75, 3.05) is 37.4 Å². The Morgan fingerprint density at radius 3 is 2.37 bits per heavy atom. The number of rotatable bonds is 9. The molecule has 0 saturated carbocycles. The molecule has 4 rings (SSSR count). The zero-order valence-corrected chi connectivity index (χ0v) is 22.1. The highest BCUT2D eigenvalue weighted by Gasteiger charge is 2.24. The number of carbonyl (C=O) groups excluding carboxylic acids is 1. The SMILES string of the molecule is CN(C)C(=O)Oc1ccc(C[C@H](Nc2nc(Cl)nc(N3CCC(Cc4ccccc4)CC3)n2)C(=O)O)cc1. The average Bonchev–Trinajstić information content (AvgIpc) is 2.90. The Kier molecular flexibility index (Phi) is 8.96. The Morgan fingerprint density at radius 2 is 1.74 bits per heavy atom. The molecule has 0 spiro atoms. The Bertz CT molecular complexity index is 1230. The van der Waals surface area contributed by atoms with Gasteiger partial charge in [-0.05, 0) is 60.0 Å². The van der Waals surface area contributed by atoms with Crippen LogP contribution in [-0.2, 0) is 17.6 Å². The molecule has 200 valence electrons. The molecule has 1 amide bonds. The number of hydrogen-bond donors (Lipinski definition) is 2. The molecule has 1 aliphatic rings. The second kappa shape index (κ2) is 12.6. The molecule has 0 aliphatic carbocycles. The third-order valence-electron chi connectivity index (χ3n) is 6.40. The van der Waals surface area contributed by atoms with Crippen molar-refractivity contribution in [2.24, 2.45) is 5.92 Å². The van der Waals surface area contributed by atoms with E-state index in [0.717, 1.165) is 37.9 Å². The zero-order valence-electron chi connectivity index (χ0n) is 21.4. The van der Waals surface area contributed by atoms with Gasteiger partial charge < -0.3 is 25.0 Å². The molecule has 0 bridgehead atoms. The van der Waals surface area contributed by atoms with E-state index in [1.165, 1.54) is 10.5 Å². The summed E-state index contributed by atoms with van der Waals surface area (Å²) in [6.07, 6.45) is 2.70. The summed E-state index contributed by atoms with van der Waals surface area (Å²) in [6, 6.07) is 16.1. The van der Waals surface area contributed by atoms with Crippen molar-refractivity contribution in [3.8, 4) is 5.75 Å². The summed E-state index contributed by atoms with van der Waals surface area (Å²) >= 11 is 6.19. The van der Waals surface area contributed by atoms with Crippen molar-refractivity contribution in [1.29, 1.82) is 0 Å². The molecule has 1 fully saturated rings. The number of piperidine rings is 1. The van der Waals surface area contributed by atoms with Gasteiger partial charge in [0.1, 0.15) is 11.8 Å². The van der Waals surface area contributed by atoms with E-state index in [1.807, 2.05) is 6.07 Å². The van der Waals surface area contributed by atoms with Gasteiger partial charge in [0, 0.05) is 33.6 Å². The third-order valence-corrected chi connectivity index (χ3v) is 6.56. The third kappa shape index (κ3) is 7.55. The molecular weight excluding hydrogens is 508 g/mol. The Morgan fingerprint density at radius 1 is 1.05 bits per heavy atom. The monoisotopic (exact) mass is 538 g/mol. The lowest BCUT2D eigenvalue weighted by Gasteiger charge is -2.32. The number of nitrogens with zero attached hydrogens (tertiary/aromatic N) is 5. The van der Waals surface area contributed by atoms with E-state index in [9.17, 15) is 14.7 Å². The normalized spacial score (nSPS) is 14.6. The lowest BCUT2D eigenvalue weighted by molar-refractivity contribution is -0.137. The van der Waals surface area contributed by atoms with Crippen LogP contribution < -0.4 is 15.0 Å². The molecule has 1 aromatic heterocycles. The van der Waals surface area contributed by atoms with Gasteiger partial charge in [-0.25, -0.2) is 9.59 Å². The molecule has 11 heteroatoms. The predicted octanol–water partition coefficient (Wildman–Crippen LogP) is 4.15. The van der Waals surface area contributed by atoms with Gasteiger partial charge in [0.05, 0.1) is 0 Å². The number of benzene rings is 2. The molecule has 0 radical (unpaired) electrons. The maximum absolute atomic E-state index is 12.0. The van der Waals surface area contributed by atoms with E-state index >= 15 is 0 Å². The smallest absolute Gasteiger partial charge is 0.414 e. The van der Waals surface area contributed by atoms with Crippen molar-refractivity contribution < 1.29 is 19.4 Å². The van der Waals surface area contributed by atoms with Crippen molar-refractivity contribution in [3.05, 3.63) is 71.0 Å². The summed E-state index contributed by atoms with van der Waals surface area (Å²) in [6.45, 7) is 1.56. The van der Waals surface area contributed by atoms with Crippen molar-refractivity contribution >= 4 is 35.6 Å². The maximum Gasteiger partial charge on any atom is 0.414 e. The number of amides is 1. The van der Waals surface area contributed by atoms with E-state index in [0.29, 0.717) is 17.6 Å². The minimum atomic E-state index is -1.06. The first-order valence-corrected chi connectivity index (χ1v) is 12.8. The van der Waals surface area contributed by atoms with Crippen LogP contribution in [0.1, 0.15) is 24.0 Å². The molecule has 1 aliphatic heterocycles. The molecule has 2 N–H and O–H groups in total. The number of anilines is 2. The number of carboxylic acid groups (broad SMARTS) is 1. The number of aliphatic carboxylic acids is 1. The Labute approximate surface area is 226 Å². The predicted molar refractivity (Wildman–Crippen MR) is 145 cm³/mol. The molecule has 2 heterocycles. The van der Waals surface area contributed by atoms with Gasteiger partial charge in [-0.3, -0.25) is 0 Å². The summed E-state index contributed by atoms with van der Waals surface area (Å²) in [5.41, 5.74) is 2.07. The largest absolute Gasteiger partial charge is 0.480 e. The van der Waals surface area contributed by atoms with Gasteiger partial charge in [0.2, 0.25) is 17.2 Å². The van der Waals surface area contributed by atoms with Crippen molar-refractivity contribution in [1.82, 2.24) is 19.9 Å². The van der Waals surface area contributed by atoms with Gasteiger partial charge in [-0.1, -0.05) is 42.5 Å². The lowest BCUT2D eigenvalue weighted by Crippen LogP contribution is -2.36. The standard InChI is InChI=1S/C27H31ClN6O4/c1-33(2)27(37)38-21-10-8-19(9-11-21)17-22(23(35)36)29-25-30-24(28)31-26(32-25)34-14-12-20(13-15-34)16-18-6-4-3-5-7-18/h3-11,20,22H,12-17H2,1-2H3,(H,35,36)(H,29,30,31,32)/t22-/m0/s1. The summed E-state index contributed by atoms with van der Waals surface area (Å²) in [5, 5.41) is 12.7. The maximum atomic E-state index is 12.0. The van der Waals surface area contributed by atoms with Gasteiger partial charge in [0.25, 0.3) is 0 Å². The average molecular weight is 539 g/mol. The highest BCUT2D eigenvalue weighted by molar-refractivity contribution is 6.28. The van der Waals surface area contributed by atoms with Crippen LogP contribution in [0.2, 0.25) is 5.28 Å². The van der Waals surface area contributed by atoms with Gasteiger partial charge in [-0.2, -0.15) is 15.0 Å². The van der Waals surface area contributed by atoms with Crippen LogP contribution >= 0.6 is 11.6 Å². The zero-order chi connectivity index (χ0) is 27.1. The number of nitrogens with one attached hydrogen (secondary N) is 1. The number of halogens is 1. The molecule has 2 aromatic carbocycles. The van der Waals surface area contributed by atoms with Gasteiger partial charge in [-0.15, -0.1) is 0 Å². The van der Waals surface area contributed by atoms with Crippen molar-refractivity contribution in [2.45, 2.75) is 31.7 Å². The quantitative estimate of drug-likeness (QED) is 0.413. The Hall–Kier alpha value is -3.92. The van der Waals surface area contributed by atoms with E-state index in [2.05, 4.69) is 49.4 Å². The lowest BCUT2D eigenvalue weighted by atomic mass is 9.90. The topological polar surface area (TPSA) is 121 Å². The van der Waals surface area contributed by atoms with Crippen LogP contribution in [0.3, 0.4) is 0 Å². The molecule has 0 unspecified atom stereocenters. The van der Waals surface area contributed by atoms with Crippen LogP contribution in [0.15, 0.2) is 54.6 Å². The molecule has 1 saturated heterocycles. The molecule has 38 heavy (non-hydrogen) atoms. The fourth-order valence-electron chi connectivity index (χ4n) is 4.31. The summed E-state index contributed by atoms with van der Waals surface area (Å²) in [7, 11) is 3.18. The number of aromatic nitrogens is 3. The van der Waals surface area contributed by atoms with Crippen LogP contribution in [-0.4, -0.2) is 70.2 Å². The molecular formula is C27H31ClN6O4. The number of carboxylic acids is 1. The van der Waals surface area contributed by atoms with Crippen LogP contribution in [0.4, 0.5) is 16.7 Å². The number of hydrogen-bond acceptors (Lipinski definition) is 8. The Balaban J connectivity index is 1.37. The fourth-order valence-corrected chi connectivity index (χ4v) is 4.46. The van der Waals surface area contributed by atoms with Crippen LogP contribution in [0.5, 0.6) is 5.75 Å². The second-order valence-corrected chi connectivity index (χ2v) is 9.83. The summed E-state index contributed by atoms with van der Waals surface area (Å²) in [5.74, 6) is 0.427. The fraction of sp³-hybridized carbons (Fsp3) is 0.370. The minimum absolute atomic E-state index is 0.000101. The minimum Gasteiger partial charge on any atom is -0.480 e. The highest BCUT2D eigenvalue weighted by Crippen LogP contribution is 2.25. The van der Waals surface area contributed by atoms with Crippen molar-refractivity contribution in [3.63, 3.8) is 0 Å². The highest BCUT2D eigenvalue weighted by atomic mass is 35.5. The van der Waals surface area contributed by atoms with Crippen LogP contribution in [0, 0.1) is 5.92 Å². The molecule has 1 atom stereocenters. The first-order valence-electron chi connectivity index (χ1n) is 12.4. The van der Waals surface area contributed by atoms with Crippen LogP contribution in [0.25, 0.3) is 0 Å². The first kappa shape index (κ1) is 27.1.